The maximum Gasteiger partial charge on any atom is 0.146 e. The Hall–Kier alpha value is -1.46. The van der Waals surface area contributed by atoms with Crippen molar-refractivity contribution in [3.05, 3.63) is 46.2 Å². The first-order valence-corrected chi connectivity index (χ1v) is 6.03. The molecule has 2 aromatic heterocycles. The molecule has 0 aromatic carbocycles. The highest BCUT2D eigenvalue weighted by atomic mass is 32.1. The van der Waals surface area contributed by atoms with Crippen molar-refractivity contribution in [1.82, 2.24) is 10.3 Å². The maximum absolute atomic E-state index is 13.7. The van der Waals surface area contributed by atoms with Gasteiger partial charge in [-0.05, 0) is 19.2 Å². The molecule has 0 aliphatic rings. The predicted octanol–water partition coefficient (Wildman–Crippen LogP) is 2.60. The summed E-state index contributed by atoms with van der Waals surface area (Å²) in [5.74, 6) is 0.485. The first-order valence-electron chi connectivity index (χ1n) is 5.15. The number of hydrogen-bond acceptors (Lipinski definition) is 4. The van der Waals surface area contributed by atoms with Gasteiger partial charge in [0.15, 0.2) is 0 Å². The van der Waals surface area contributed by atoms with Crippen LogP contribution in [0.1, 0.15) is 16.5 Å². The standard InChI is InChI=1S/C12H13FN2OS/c1-14-12(9-3-4-15-6-10(9)13)11-5-8(16-2)7-17-11/h3-7,12,14H,1-2H3. The second-order valence-corrected chi connectivity index (χ2v) is 4.45. The third kappa shape index (κ3) is 2.45. The van der Waals surface area contributed by atoms with E-state index in [1.807, 2.05) is 11.4 Å². The van der Waals surface area contributed by atoms with Crippen LogP contribution in [0.5, 0.6) is 5.75 Å². The molecule has 1 N–H and O–H groups in total. The van der Waals surface area contributed by atoms with Gasteiger partial charge in [0.1, 0.15) is 11.6 Å². The van der Waals surface area contributed by atoms with Crippen LogP contribution < -0.4 is 10.1 Å². The number of hydrogen-bond donors (Lipinski definition) is 1. The van der Waals surface area contributed by atoms with E-state index in [-0.39, 0.29) is 11.9 Å². The monoisotopic (exact) mass is 252 g/mol. The summed E-state index contributed by atoms with van der Waals surface area (Å²) in [7, 11) is 3.42. The average molecular weight is 252 g/mol. The Kier molecular flexibility index (Phi) is 3.71. The fraction of sp³-hybridized carbons (Fsp3) is 0.250. The van der Waals surface area contributed by atoms with Crippen molar-refractivity contribution < 1.29 is 9.13 Å². The van der Waals surface area contributed by atoms with E-state index in [4.69, 9.17) is 4.74 Å². The molecule has 2 heterocycles. The summed E-state index contributed by atoms with van der Waals surface area (Å²) in [6.45, 7) is 0. The molecule has 0 fully saturated rings. The summed E-state index contributed by atoms with van der Waals surface area (Å²) in [5.41, 5.74) is 0.590. The molecule has 5 heteroatoms. The first kappa shape index (κ1) is 12.0. The summed E-state index contributed by atoms with van der Waals surface area (Å²) in [6, 6.07) is 3.42. The van der Waals surface area contributed by atoms with Gasteiger partial charge in [-0.2, -0.15) is 0 Å². The Morgan fingerprint density at radius 2 is 2.35 bits per heavy atom. The van der Waals surface area contributed by atoms with Gasteiger partial charge in [0.05, 0.1) is 19.3 Å². The van der Waals surface area contributed by atoms with Gasteiger partial charge in [0, 0.05) is 22.0 Å². The molecule has 0 spiro atoms. The molecule has 3 nitrogen and oxygen atoms in total. The van der Waals surface area contributed by atoms with Gasteiger partial charge in [0.25, 0.3) is 0 Å². The number of thiophene rings is 1. The van der Waals surface area contributed by atoms with Gasteiger partial charge in [-0.15, -0.1) is 11.3 Å². The average Bonchev–Trinajstić information content (AvgIpc) is 2.81. The van der Waals surface area contributed by atoms with E-state index in [2.05, 4.69) is 10.3 Å². The van der Waals surface area contributed by atoms with Crippen LogP contribution in [0, 0.1) is 5.82 Å². The van der Waals surface area contributed by atoms with Gasteiger partial charge < -0.3 is 10.1 Å². The van der Waals surface area contributed by atoms with Crippen LogP contribution in [-0.2, 0) is 0 Å². The van der Waals surface area contributed by atoms with Gasteiger partial charge in [-0.1, -0.05) is 0 Å². The van der Waals surface area contributed by atoms with Crippen LogP contribution >= 0.6 is 11.3 Å². The summed E-state index contributed by atoms with van der Waals surface area (Å²) in [4.78, 5) is 4.76. The van der Waals surface area contributed by atoms with E-state index in [1.165, 1.54) is 17.5 Å². The lowest BCUT2D eigenvalue weighted by atomic mass is 10.1. The minimum Gasteiger partial charge on any atom is -0.496 e. The van der Waals surface area contributed by atoms with Crippen LogP contribution in [0.2, 0.25) is 0 Å². The number of ether oxygens (including phenoxy) is 1. The smallest absolute Gasteiger partial charge is 0.146 e. The minimum atomic E-state index is -0.306. The Morgan fingerprint density at radius 1 is 1.53 bits per heavy atom. The number of nitrogens with zero attached hydrogens (tertiary/aromatic N) is 1. The lowest BCUT2D eigenvalue weighted by Gasteiger charge is -2.15. The second-order valence-electron chi connectivity index (χ2n) is 3.51. The molecule has 17 heavy (non-hydrogen) atoms. The molecule has 2 aromatic rings. The Labute approximate surface area is 103 Å². The quantitative estimate of drug-likeness (QED) is 0.908. The molecule has 1 unspecified atom stereocenters. The van der Waals surface area contributed by atoms with E-state index in [9.17, 15) is 4.39 Å². The third-order valence-electron chi connectivity index (χ3n) is 2.52. The molecule has 1 atom stereocenters. The van der Waals surface area contributed by atoms with Gasteiger partial charge in [0.2, 0.25) is 0 Å². The van der Waals surface area contributed by atoms with Crippen molar-refractivity contribution >= 4 is 11.3 Å². The van der Waals surface area contributed by atoms with E-state index in [0.717, 1.165) is 10.6 Å². The largest absolute Gasteiger partial charge is 0.496 e. The van der Waals surface area contributed by atoms with E-state index < -0.39 is 0 Å². The summed E-state index contributed by atoms with van der Waals surface area (Å²) >= 11 is 1.54. The summed E-state index contributed by atoms with van der Waals surface area (Å²) in [6.07, 6.45) is 2.82. The highest BCUT2D eigenvalue weighted by Crippen LogP contribution is 2.31. The van der Waals surface area contributed by atoms with Crippen molar-refractivity contribution in [2.45, 2.75) is 6.04 Å². The molecule has 0 aliphatic heterocycles. The third-order valence-corrected chi connectivity index (χ3v) is 3.50. The van der Waals surface area contributed by atoms with Gasteiger partial charge >= 0.3 is 0 Å². The molecule has 2 rings (SSSR count). The predicted molar refractivity (Wildman–Crippen MR) is 66.0 cm³/mol. The Balaban J connectivity index is 2.36. The molecular weight excluding hydrogens is 239 g/mol. The number of rotatable bonds is 4. The van der Waals surface area contributed by atoms with Gasteiger partial charge in [-0.25, -0.2) is 4.39 Å². The second kappa shape index (κ2) is 5.25. The molecule has 0 radical (unpaired) electrons. The normalized spacial score (nSPS) is 12.4. The first-order chi connectivity index (χ1) is 8.26. The van der Waals surface area contributed by atoms with Crippen LogP contribution in [0.4, 0.5) is 4.39 Å². The molecule has 0 aliphatic carbocycles. The SMILES string of the molecule is CNC(c1cc(OC)cs1)c1ccncc1F. The van der Waals surface area contributed by atoms with Crippen molar-refractivity contribution in [2.24, 2.45) is 0 Å². The summed E-state index contributed by atoms with van der Waals surface area (Å²) in [5, 5.41) is 5.00. The Bertz CT molecular complexity index is 501. The number of aromatic nitrogens is 1. The molecule has 0 saturated heterocycles. The van der Waals surface area contributed by atoms with E-state index in [0.29, 0.717) is 5.56 Å². The molecular formula is C12H13FN2OS. The zero-order valence-corrected chi connectivity index (χ0v) is 10.4. The zero-order valence-electron chi connectivity index (χ0n) is 9.61. The minimum absolute atomic E-state index is 0.174. The fourth-order valence-electron chi connectivity index (χ4n) is 1.66. The van der Waals surface area contributed by atoms with Crippen molar-refractivity contribution in [2.75, 3.05) is 14.2 Å². The summed E-state index contributed by atoms with van der Waals surface area (Å²) < 4.78 is 18.8. The number of halogens is 1. The van der Waals surface area contributed by atoms with Crippen LogP contribution in [0.25, 0.3) is 0 Å². The lowest BCUT2D eigenvalue weighted by molar-refractivity contribution is 0.416. The zero-order chi connectivity index (χ0) is 12.3. The molecule has 0 saturated carbocycles. The fourth-order valence-corrected chi connectivity index (χ4v) is 2.65. The van der Waals surface area contributed by atoms with Crippen molar-refractivity contribution in [1.29, 1.82) is 0 Å². The highest BCUT2D eigenvalue weighted by Gasteiger charge is 2.18. The van der Waals surface area contributed by atoms with Crippen molar-refractivity contribution in [3.8, 4) is 5.75 Å². The van der Waals surface area contributed by atoms with Crippen LogP contribution in [0.3, 0.4) is 0 Å². The highest BCUT2D eigenvalue weighted by molar-refractivity contribution is 7.10. The maximum atomic E-state index is 13.7. The molecule has 0 bridgehead atoms. The van der Waals surface area contributed by atoms with Crippen molar-refractivity contribution in [3.63, 3.8) is 0 Å². The van der Waals surface area contributed by atoms with Crippen LogP contribution in [-0.4, -0.2) is 19.1 Å². The van der Waals surface area contributed by atoms with Gasteiger partial charge in [-0.3, -0.25) is 4.98 Å². The molecule has 90 valence electrons. The van der Waals surface area contributed by atoms with Crippen LogP contribution in [0.15, 0.2) is 29.9 Å². The van der Waals surface area contributed by atoms with E-state index >= 15 is 0 Å². The lowest BCUT2D eigenvalue weighted by Crippen LogP contribution is -2.17. The number of pyridine rings is 1. The Morgan fingerprint density at radius 3 is 2.94 bits per heavy atom. The number of methoxy groups -OCH3 is 1. The number of nitrogens with one attached hydrogen (secondary N) is 1. The van der Waals surface area contributed by atoms with E-state index in [1.54, 1.807) is 26.4 Å². The topological polar surface area (TPSA) is 34.1 Å². The molecule has 0 amide bonds.